The summed E-state index contributed by atoms with van der Waals surface area (Å²) >= 11 is 0. The number of carbonyl (C=O) groups is 1. The number of hydrogen-bond donors (Lipinski definition) is 1. The molecule has 1 N–H and O–H groups in total. The number of hydrogen-bond acceptors (Lipinski definition) is 2. The van der Waals surface area contributed by atoms with Crippen LogP contribution >= 0.6 is 0 Å². The number of anilines is 1. The molecule has 0 aliphatic carbocycles. The average Bonchev–Trinajstić information content (AvgIpc) is 2.90. The van der Waals surface area contributed by atoms with Gasteiger partial charge in [-0.25, -0.2) is 0 Å². The minimum atomic E-state index is -0.0329. The second-order valence-corrected chi connectivity index (χ2v) is 6.19. The topological polar surface area (TPSA) is 37.3 Å². The van der Waals surface area contributed by atoms with E-state index >= 15 is 0 Å². The van der Waals surface area contributed by atoms with Crippen molar-refractivity contribution in [1.29, 1.82) is 0 Å². The van der Waals surface area contributed by atoms with Crippen molar-refractivity contribution in [3.05, 3.63) is 65.9 Å². The number of benzene rings is 2. The molecule has 0 aliphatic heterocycles. The Kier molecular flexibility index (Phi) is 4.56. The predicted octanol–water partition coefficient (Wildman–Crippen LogP) is 3.45. The Morgan fingerprint density at radius 3 is 2.50 bits per heavy atom. The van der Waals surface area contributed by atoms with Gasteiger partial charge in [0, 0.05) is 49.6 Å². The van der Waals surface area contributed by atoms with Crippen molar-refractivity contribution in [3.8, 4) is 0 Å². The number of amides is 1. The Balaban J connectivity index is 1.63. The van der Waals surface area contributed by atoms with E-state index in [9.17, 15) is 4.79 Å². The molecule has 0 saturated carbocycles. The molecule has 2 aromatic carbocycles. The van der Waals surface area contributed by atoms with Crippen molar-refractivity contribution in [1.82, 2.24) is 9.88 Å². The summed E-state index contributed by atoms with van der Waals surface area (Å²) in [5.74, 6) is -0.0329. The molecule has 0 saturated heterocycles. The van der Waals surface area contributed by atoms with Crippen molar-refractivity contribution >= 4 is 22.5 Å². The van der Waals surface area contributed by atoms with E-state index in [1.54, 1.807) is 0 Å². The molecule has 0 aliphatic rings. The minimum Gasteiger partial charge on any atom is -0.378 e. The van der Waals surface area contributed by atoms with Crippen LogP contribution in [0.2, 0.25) is 0 Å². The lowest BCUT2D eigenvalue weighted by Gasteiger charge is -2.13. The van der Waals surface area contributed by atoms with Gasteiger partial charge in [-0.05, 0) is 48.7 Å². The first-order valence-corrected chi connectivity index (χ1v) is 8.17. The van der Waals surface area contributed by atoms with Gasteiger partial charge in [-0.2, -0.15) is 0 Å². The molecule has 3 rings (SSSR count). The van der Waals surface area contributed by atoms with Crippen LogP contribution in [-0.2, 0) is 6.54 Å². The summed E-state index contributed by atoms with van der Waals surface area (Å²) < 4.78 is 2.24. The van der Waals surface area contributed by atoms with Crippen molar-refractivity contribution in [3.63, 3.8) is 0 Å². The first-order chi connectivity index (χ1) is 11.6. The molecule has 1 aromatic heterocycles. The summed E-state index contributed by atoms with van der Waals surface area (Å²) in [6.07, 6.45) is 0. The zero-order chi connectivity index (χ0) is 17.1. The van der Waals surface area contributed by atoms with E-state index in [0.29, 0.717) is 12.1 Å². The van der Waals surface area contributed by atoms with E-state index in [4.69, 9.17) is 0 Å². The summed E-state index contributed by atoms with van der Waals surface area (Å²) in [6.45, 7) is 3.47. The molecule has 0 spiro atoms. The molecule has 0 atom stereocenters. The number of aryl methyl sites for hydroxylation is 1. The fourth-order valence-corrected chi connectivity index (χ4v) is 2.94. The third-order valence-electron chi connectivity index (χ3n) is 4.28. The van der Waals surface area contributed by atoms with Crippen LogP contribution in [0.25, 0.3) is 10.9 Å². The number of fused-ring (bicyclic) bond motifs is 1. The van der Waals surface area contributed by atoms with Crippen molar-refractivity contribution < 1.29 is 4.79 Å². The molecule has 0 bridgehead atoms. The molecule has 4 heteroatoms. The van der Waals surface area contributed by atoms with Crippen molar-refractivity contribution in [2.75, 3.05) is 25.5 Å². The number of carbonyl (C=O) groups excluding carboxylic acids is 1. The maximum absolute atomic E-state index is 12.3. The number of nitrogens with one attached hydrogen (secondary N) is 1. The van der Waals surface area contributed by atoms with Gasteiger partial charge in [0.1, 0.15) is 0 Å². The molecular formula is C20H23N3O. The maximum atomic E-state index is 12.3. The summed E-state index contributed by atoms with van der Waals surface area (Å²) in [5, 5.41) is 4.24. The highest BCUT2D eigenvalue weighted by atomic mass is 16.1. The second-order valence-electron chi connectivity index (χ2n) is 6.19. The molecular weight excluding hydrogens is 298 g/mol. The molecule has 0 fully saturated rings. The molecule has 3 aromatic rings. The largest absolute Gasteiger partial charge is 0.378 e. The lowest BCUT2D eigenvalue weighted by Crippen LogP contribution is -2.27. The highest BCUT2D eigenvalue weighted by Crippen LogP contribution is 2.18. The normalized spacial score (nSPS) is 10.8. The fraction of sp³-hybridized carbons (Fsp3) is 0.250. The molecule has 0 unspecified atom stereocenters. The van der Waals surface area contributed by atoms with Crippen LogP contribution in [0.3, 0.4) is 0 Å². The summed E-state index contributed by atoms with van der Waals surface area (Å²) in [7, 11) is 3.97. The number of rotatable bonds is 5. The van der Waals surface area contributed by atoms with Crippen molar-refractivity contribution in [2.24, 2.45) is 0 Å². The molecule has 124 valence electrons. The number of aromatic nitrogens is 1. The van der Waals surface area contributed by atoms with Crippen LogP contribution in [0.4, 0.5) is 5.69 Å². The lowest BCUT2D eigenvalue weighted by molar-refractivity contribution is 0.0952. The standard InChI is InChI=1S/C20H23N3O/c1-15-14-17-6-4-5-7-19(17)23(15)13-12-21-20(24)16-8-10-18(11-9-16)22(2)3/h4-11,14H,12-13H2,1-3H3,(H,21,24). The van der Waals surface area contributed by atoms with Crippen LogP contribution in [-0.4, -0.2) is 31.1 Å². The van der Waals surface area contributed by atoms with Gasteiger partial charge in [-0.15, -0.1) is 0 Å². The van der Waals surface area contributed by atoms with Crippen LogP contribution < -0.4 is 10.2 Å². The van der Waals surface area contributed by atoms with E-state index < -0.39 is 0 Å². The quantitative estimate of drug-likeness (QED) is 0.781. The van der Waals surface area contributed by atoms with E-state index in [0.717, 1.165) is 12.2 Å². The van der Waals surface area contributed by atoms with Crippen LogP contribution in [0.5, 0.6) is 0 Å². The zero-order valence-electron chi connectivity index (χ0n) is 14.4. The SMILES string of the molecule is Cc1cc2ccccc2n1CCNC(=O)c1ccc(N(C)C)cc1. The Hall–Kier alpha value is -2.75. The Bertz CT molecular complexity index is 847. The van der Waals surface area contributed by atoms with E-state index in [1.165, 1.54) is 16.6 Å². The smallest absolute Gasteiger partial charge is 0.251 e. The van der Waals surface area contributed by atoms with Gasteiger partial charge in [0.2, 0.25) is 0 Å². The highest BCUT2D eigenvalue weighted by molar-refractivity contribution is 5.94. The number of para-hydroxylation sites is 1. The second kappa shape index (κ2) is 6.79. The van der Waals surface area contributed by atoms with Gasteiger partial charge in [0.25, 0.3) is 5.91 Å². The maximum Gasteiger partial charge on any atom is 0.251 e. The van der Waals surface area contributed by atoms with E-state index in [-0.39, 0.29) is 5.91 Å². The van der Waals surface area contributed by atoms with E-state index in [2.05, 4.69) is 35.0 Å². The van der Waals surface area contributed by atoms with Crippen molar-refractivity contribution in [2.45, 2.75) is 13.5 Å². The highest BCUT2D eigenvalue weighted by Gasteiger charge is 2.07. The lowest BCUT2D eigenvalue weighted by atomic mass is 10.2. The predicted molar refractivity (Wildman–Crippen MR) is 99.8 cm³/mol. The average molecular weight is 321 g/mol. The molecule has 0 radical (unpaired) electrons. The Morgan fingerprint density at radius 1 is 1.08 bits per heavy atom. The van der Waals surface area contributed by atoms with Gasteiger partial charge in [-0.1, -0.05) is 18.2 Å². The number of nitrogens with zero attached hydrogens (tertiary/aromatic N) is 2. The third kappa shape index (κ3) is 3.27. The van der Waals surface area contributed by atoms with Crippen LogP contribution in [0.1, 0.15) is 16.1 Å². The van der Waals surface area contributed by atoms with Gasteiger partial charge in [0.15, 0.2) is 0 Å². The van der Waals surface area contributed by atoms with Gasteiger partial charge >= 0.3 is 0 Å². The summed E-state index contributed by atoms with van der Waals surface area (Å²) in [4.78, 5) is 14.3. The van der Waals surface area contributed by atoms with Crippen LogP contribution in [0.15, 0.2) is 54.6 Å². The first-order valence-electron chi connectivity index (χ1n) is 8.17. The molecule has 24 heavy (non-hydrogen) atoms. The fourth-order valence-electron chi connectivity index (χ4n) is 2.94. The van der Waals surface area contributed by atoms with Crippen LogP contribution in [0, 0.1) is 6.92 Å². The molecule has 4 nitrogen and oxygen atoms in total. The minimum absolute atomic E-state index is 0.0329. The zero-order valence-corrected chi connectivity index (χ0v) is 14.4. The third-order valence-corrected chi connectivity index (χ3v) is 4.28. The summed E-state index contributed by atoms with van der Waals surface area (Å²) in [5.41, 5.74) is 4.19. The molecule has 1 heterocycles. The monoisotopic (exact) mass is 321 g/mol. The van der Waals surface area contributed by atoms with Gasteiger partial charge in [-0.3, -0.25) is 4.79 Å². The van der Waals surface area contributed by atoms with Gasteiger partial charge in [0.05, 0.1) is 0 Å². The van der Waals surface area contributed by atoms with E-state index in [1.807, 2.05) is 55.4 Å². The Labute approximate surface area is 142 Å². The molecule has 1 amide bonds. The Morgan fingerprint density at radius 2 is 1.79 bits per heavy atom. The van der Waals surface area contributed by atoms with Gasteiger partial charge < -0.3 is 14.8 Å². The summed E-state index contributed by atoms with van der Waals surface area (Å²) in [6, 6.07) is 18.1. The first kappa shape index (κ1) is 16.1.